The molecule has 1 aromatic carbocycles. The van der Waals surface area contributed by atoms with E-state index in [4.69, 9.17) is 4.74 Å². The molecule has 0 amide bonds. The summed E-state index contributed by atoms with van der Waals surface area (Å²) in [5.41, 5.74) is 1.28. The van der Waals surface area contributed by atoms with E-state index in [-0.39, 0.29) is 5.60 Å². The van der Waals surface area contributed by atoms with Gasteiger partial charge in [0.15, 0.2) is 0 Å². The molecule has 0 spiro atoms. The van der Waals surface area contributed by atoms with Crippen LogP contribution in [-0.4, -0.2) is 24.8 Å². The van der Waals surface area contributed by atoms with Crippen LogP contribution in [0.2, 0.25) is 0 Å². The number of rotatable bonds is 4. The predicted octanol–water partition coefficient (Wildman–Crippen LogP) is 4.32. The Hall–Kier alpha value is -0.380. The highest BCUT2D eigenvalue weighted by molar-refractivity contribution is 9.10. The molecule has 21 heavy (non-hydrogen) atoms. The summed E-state index contributed by atoms with van der Waals surface area (Å²) in [7, 11) is 0. The minimum atomic E-state index is -0.0741. The van der Waals surface area contributed by atoms with Crippen LogP contribution in [0.25, 0.3) is 0 Å². The second-order valence-corrected chi connectivity index (χ2v) is 7.93. The molecular formula is C18H26BrNO. The minimum Gasteiger partial charge on any atom is -0.369 e. The van der Waals surface area contributed by atoms with Crippen molar-refractivity contribution in [2.75, 3.05) is 13.1 Å². The van der Waals surface area contributed by atoms with Gasteiger partial charge in [0.05, 0.1) is 11.7 Å². The second-order valence-electron chi connectivity index (χ2n) is 7.01. The van der Waals surface area contributed by atoms with Crippen molar-refractivity contribution >= 4 is 15.9 Å². The summed E-state index contributed by atoms with van der Waals surface area (Å²) in [4.78, 5) is 0. The summed E-state index contributed by atoms with van der Waals surface area (Å²) in [6.07, 6.45) is 8.26. The van der Waals surface area contributed by atoms with E-state index < -0.39 is 0 Å². The smallest absolute Gasteiger partial charge is 0.0822 e. The molecule has 1 N–H and O–H groups in total. The molecule has 3 rings (SSSR count). The number of nitrogens with one attached hydrogen (secondary N) is 1. The first-order chi connectivity index (χ1) is 10.1. The summed E-state index contributed by atoms with van der Waals surface area (Å²) in [6, 6.07) is 8.62. The monoisotopic (exact) mass is 351 g/mol. The van der Waals surface area contributed by atoms with E-state index >= 15 is 0 Å². The van der Waals surface area contributed by atoms with Gasteiger partial charge < -0.3 is 10.1 Å². The molecular weight excluding hydrogens is 326 g/mol. The molecule has 2 fully saturated rings. The van der Waals surface area contributed by atoms with Gasteiger partial charge in [-0.1, -0.05) is 53.7 Å². The van der Waals surface area contributed by atoms with E-state index in [0.29, 0.717) is 6.10 Å². The topological polar surface area (TPSA) is 21.3 Å². The summed E-state index contributed by atoms with van der Waals surface area (Å²) in [5.74, 6) is 0.895. The van der Waals surface area contributed by atoms with Gasteiger partial charge in [-0.2, -0.15) is 0 Å². The quantitative estimate of drug-likeness (QED) is 0.871. The van der Waals surface area contributed by atoms with Crippen molar-refractivity contribution < 1.29 is 4.74 Å². The minimum absolute atomic E-state index is 0.0741. The van der Waals surface area contributed by atoms with Crippen LogP contribution in [0.15, 0.2) is 28.7 Å². The number of morpholine rings is 1. The van der Waals surface area contributed by atoms with Crippen LogP contribution in [0.5, 0.6) is 0 Å². The molecule has 2 nitrogen and oxygen atoms in total. The van der Waals surface area contributed by atoms with Crippen LogP contribution in [0, 0.1) is 5.92 Å². The maximum Gasteiger partial charge on any atom is 0.0822 e. The zero-order valence-corrected chi connectivity index (χ0v) is 14.5. The fourth-order valence-corrected chi connectivity index (χ4v) is 4.14. The van der Waals surface area contributed by atoms with Gasteiger partial charge in [0.25, 0.3) is 0 Å². The van der Waals surface area contributed by atoms with Gasteiger partial charge in [-0.05, 0) is 37.0 Å². The molecule has 2 atom stereocenters. The Morgan fingerprint density at radius 2 is 1.95 bits per heavy atom. The highest BCUT2D eigenvalue weighted by Crippen LogP contribution is 2.32. The molecule has 2 unspecified atom stereocenters. The molecule has 0 aromatic heterocycles. The molecule has 1 aliphatic carbocycles. The molecule has 1 saturated carbocycles. The largest absolute Gasteiger partial charge is 0.369 e. The summed E-state index contributed by atoms with van der Waals surface area (Å²) in [6.45, 7) is 4.22. The van der Waals surface area contributed by atoms with Gasteiger partial charge in [0.2, 0.25) is 0 Å². The van der Waals surface area contributed by atoms with Gasteiger partial charge >= 0.3 is 0 Å². The predicted molar refractivity (Wildman–Crippen MR) is 90.6 cm³/mol. The van der Waals surface area contributed by atoms with Crippen LogP contribution in [0.4, 0.5) is 0 Å². The normalized spacial score (nSPS) is 30.7. The molecule has 1 aromatic rings. The van der Waals surface area contributed by atoms with Crippen molar-refractivity contribution in [3.8, 4) is 0 Å². The highest BCUT2D eigenvalue weighted by Gasteiger charge is 2.34. The summed E-state index contributed by atoms with van der Waals surface area (Å²) >= 11 is 3.50. The van der Waals surface area contributed by atoms with Crippen molar-refractivity contribution in [3.63, 3.8) is 0 Å². The second kappa shape index (κ2) is 6.80. The lowest BCUT2D eigenvalue weighted by molar-refractivity contribution is -0.111. The van der Waals surface area contributed by atoms with Crippen molar-refractivity contribution in [3.05, 3.63) is 34.3 Å². The average molecular weight is 352 g/mol. The lowest BCUT2D eigenvalue weighted by atomic mass is 9.92. The zero-order chi connectivity index (χ0) is 14.7. The third-order valence-corrected chi connectivity index (χ3v) is 5.41. The third-order valence-electron chi connectivity index (χ3n) is 4.88. The number of hydrogen-bond donors (Lipinski definition) is 1. The fraction of sp³-hybridized carbons (Fsp3) is 0.667. The van der Waals surface area contributed by atoms with Gasteiger partial charge in [-0.15, -0.1) is 0 Å². The summed E-state index contributed by atoms with van der Waals surface area (Å²) in [5, 5.41) is 3.60. The van der Waals surface area contributed by atoms with Crippen molar-refractivity contribution in [1.29, 1.82) is 0 Å². The standard InChI is InChI=1S/C18H26BrNO/c1-18(11-15-6-8-16(19)9-7-15)13-20-12-17(21-18)10-14-4-2-3-5-14/h6-9,14,17,20H,2-5,10-13H2,1H3. The Balaban J connectivity index is 1.59. The van der Waals surface area contributed by atoms with Gasteiger partial charge in [-0.3, -0.25) is 0 Å². The fourth-order valence-electron chi connectivity index (χ4n) is 3.87. The molecule has 2 aliphatic rings. The molecule has 3 heteroatoms. The number of halogens is 1. The first-order valence-corrected chi connectivity index (χ1v) is 9.05. The lowest BCUT2D eigenvalue weighted by Gasteiger charge is -2.40. The highest BCUT2D eigenvalue weighted by atomic mass is 79.9. The third kappa shape index (κ3) is 4.30. The Morgan fingerprint density at radius 1 is 1.24 bits per heavy atom. The van der Waals surface area contributed by atoms with Crippen molar-refractivity contribution in [2.45, 2.75) is 57.2 Å². The van der Waals surface area contributed by atoms with E-state index in [1.807, 2.05) is 0 Å². The van der Waals surface area contributed by atoms with E-state index in [2.05, 4.69) is 52.4 Å². The average Bonchev–Trinajstić information content (AvgIpc) is 2.94. The van der Waals surface area contributed by atoms with Gasteiger partial charge in [0.1, 0.15) is 0 Å². The molecule has 1 saturated heterocycles. The summed E-state index contributed by atoms with van der Waals surface area (Å²) < 4.78 is 7.63. The zero-order valence-electron chi connectivity index (χ0n) is 12.9. The van der Waals surface area contributed by atoms with Crippen LogP contribution in [0.3, 0.4) is 0 Å². The van der Waals surface area contributed by atoms with E-state index in [9.17, 15) is 0 Å². The van der Waals surface area contributed by atoms with Crippen molar-refractivity contribution in [2.24, 2.45) is 5.92 Å². The van der Waals surface area contributed by atoms with Gasteiger partial charge in [-0.25, -0.2) is 0 Å². The van der Waals surface area contributed by atoms with Crippen LogP contribution >= 0.6 is 15.9 Å². The molecule has 0 bridgehead atoms. The van der Waals surface area contributed by atoms with Crippen LogP contribution in [-0.2, 0) is 11.2 Å². The van der Waals surface area contributed by atoms with E-state index in [1.54, 1.807) is 0 Å². The van der Waals surface area contributed by atoms with Crippen LogP contribution in [0.1, 0.15) is 44.6 Å². The maximum absolute atomic E-state index is 6.50. The Bertz CT molecular complexity index is 455. The molecule has 116 valence electrons. The Labute approximate surface area is 136 Å². The van der Waals surface area contributed by atoms with E-state index in [1.165, 1.54) is 37.7 Å². The first kappa shape index (κ1) is 15.5. The SMILES string of the molecule is CC1(Cc2ccc(Br)cc2)CNCC(CC2CCCC2)O1. The van der Waals surface area contributed by atoms with E-state index in [0.717, 1.165) is 29.9 Å². The Kier molecular flexibility index (Phi) is 5.03. The first-order valence-electron chi connectivity index (χ1n) is 8.26. The lowest BCUT2D eigenvalue weighted by Crippen LogP contribution is -2.53. The Morgan fingerprint density at radius 3 is 2.67 bits per heavy atom. The maximum atomic E-state index is 6.50. The molecule has 0 radical (unpaired) electrons. The van der Waals surface area contributed by atoms with Gasteiger partial charge in [0, 0.05) is 24.0 Å². The number of benzene rings is 1. The molecule has 1 aliphatic heterocycles. The number of ether oxygens (including phenoxy) is 1. The van der Waals surface area contributed by atoms with Crippen LogP contribution < -0.4 is 5.32 Å². The number of hydrogen-bond acceptors (Lipinski definition) is 2. The van der Waals surface area contributed by atoms with Crippen molar-refractivity contribution in [1.82, 2.24) is 5.32 Å². The molecule has 1 heterocycles.